The first kappa shape index (κ1) is 15.4. The summed E-state index contributed by atoms with van der Waals surface area (Å²) in [6.45, 7) is 2.84. The molecule has 0 bridgehead atoms. The Balaban J connectivity index is 1.57. The third-order valence-corrected chi connectivity index (χ3v) is 4.77. The molecule has 2 aromatic rings. The molecule has 2 aliphatic rings. The van der Waals surface area contributed by atoms with Crippen LogP contribution in [0.15, 0.2) is 30.3 Å². The van der Waals surface area contributed by atoms with Crippen molar-refractivity contribution >= 4 is 11.6 Å². The molecule has 2 heterocycles. The van der Waals surface area contributed by atoms with Crippen molar-refractivity contribution in [1.29, 1.82) is 0 Å². The van der Waals surface area contributed by atoms with Crippen molar-refractivity contribution in [2.45, 2.75) is 38.1 Å². The average Bonchev–Trinajstić information content (AvgIpc) is 3.46. The maximum Gasteiger partial charge on any atom is 0.136 e. The van der Waals surface area contributed by atoms with Gasteiger partial charge in [0.15, 0.2) is 0 Å². The summed E-state index contributed by atoms with van der Waals surface area (Å²) in [6.07, 6.45) is 4.19. The number of nitrogens with one attached hydrogen (secondary N) is 1. The molecule has 2 N–H and O–H groups in total. The second-order valence-corrected chi connectivity index (χ2v) is 6.69. The van der Waals surface area contributed by atoms with Crippen LogP contribution in [-0.2, 0) is 13.0 Å². The van der Waals surface area contributed by atoms with E-state index in [0.29, 0.717) is 5.92 Å². The monoisotopic (exact) mass is 324 g/mol. The fourth-order valence-corrected chi connectivity index (χ4v) is 3.22. The fraction of sp³-hybridized carbons (Fsp3) is 0.474. The summed E-state index contributed by atoms with van der Waals surface area (Å²) in [4.78, 5) is 11.9. The highest BCUT2D eigenvalue weighted by Gasteiger charge is 2.28. The van der Waals surface area contributed by atoms with Gasteiger partial charge in [-0.3, -0.25) is 0 Å². The lowest BCUT2D eigenvalue weighted by Gasteiger charge is -2.30. The predicted molar refractivity (Wildman–Crippen MR) is 95.4 cm³/mol. The molecule has 1 aromatic heterocycles. The largest absolute Gasteiger partial charge is 0.396 e. The van der Waals surface area contributed by atoms with Gasteiger partial charge >= 0.3 is 0 Å². The molecule has 126 valence electrons. The van der Waals surface area contributed by atoms with Crippen LogP contribution >= 0.6 is 0 Å². The third-order valence-electron chi connectivity index (χ3n) is 4.77. The number of rotatable bonds is 6. The van der Waals surface area contributed by atoms with E-state index in [0.717, 1.165) is 49.9 Å². The highest BCUT2D eigenvalue weighted by atomic mass is 16.3. The van der Waals surface area contributed by atoms with Crippen LogP contribution in [0.2, 0.25) is 0 Å². The molecule has 0 unspecified atom stereocenters. The first-order valence-corrected chi connectivity index (χ1v) is 8.89. The molecule has 0 atom stereocenters. The molecular weight excluding hydrogens is 300 g/mol. The van der Waals surface area contributed by atoms with Crippen LogP contribution in [0.3, 0.4) is 0 Å². The maximum atomic E-state index is 8.97. The summed E-state index contributed by atoms with van der Waals surface area (Å²) in [7, 11) is 0. The minimum atomic E-state index is 0.198. The van der Waals surface area contributed by atoms with Crippen molar-refractivity contribution < 1.29 is 5.11 Å². The van der Waals surface area contributed by atoms with Gasteiger partial charge in [-0.25, -0.2) is 9.97 Å². The number of nitrogens with zero attached hydrogens (tertiary/aromatic N) is 3. The molecule has 24 heavy (non-hydrogen) atoms. The van der Waals surface area contributed by atoms with Gasteiger partial charge in [0.05, 0.1) is 0 Å². The first-order valence-electron chi connectivity index (χ1n) is 8.89. The normalized spacial score (nSPS) is 16.8. The standard InChI is InChI=1S/C19H24N4O/c24-11-3-9-20-17-12-18(22-19(21-17)15-6-7-15)23-10-8-14-4-1-2-5-16(14)13-23/h1-2,4-5,12,15,24H,3,6-11,13H2,(H,20,21,22). The van der Waals surface area contributed by atoms with E-state index in [2.05, 4.69) is 45.5 Å². The van der Waals surface area contributed by atoms with Crippen LogP contribution in [0.1, 0.15) is 42.1 Å². The molecular formula is C19H24N4O. The smallest absolute Gasteiger partial charge is 0.136 e. The second kappa shape index (κ2) is 6.77. The Labute approximate surface area is 142 Å². The molecule has 4 rings (SSSR count). The minimum Gasteiger partial charge on any atom is -0.396 e. The zero-order valence-electron chi connectivity index (χ0n) is 13.9. The molecule has 1 saturated carbocycles. The summed E-state index contributed by atoms with van der Waals surface area (Å²) in [6, 6.07) is 10.7. The van der Waals surface area contributed by atoms with E-state index in [1.165, 1.54) is 24.0 Å². The van der Waals surface area contributed by atoms with Gasteiger partial charge in [-0.05, 0) is 36.8 Å². The van der Waals surface area contributed by atoms with Gasteiger partial charge in [-0.2, -0.15) is 0 Å². The highest BCUT2D eigenvalue weighted by Crippen LogP contribution is 2.39. The predicted octanol–water partition coefficient (Wildman–Crippen LogP) is 2.71. The second-order valence-electron chi connectivity index (χ2n) is 6.69. The molecule has 0 spiro atoms. The van der Waals surface area contributed by atoms with E-state index in [1.807, 2.05) is 0 Å². The molecule has 1 aliphatic heterocycles. The Bertz CT molecular complexity index is 714. The Hall–Kier alpha value is -2.14. The van der Waals surface area contributed by atoms with Gasteiger partial charge in [-0.15, -0.1) is 0 Å². The Morgan fingerprint density at radius 3 is 2.79 bits per heavy atom. The molecule has 1 aliphatic carbocycles. The van der Waals surface area contributed by atoms with Crippen molar-refractivity contribution in [3.63, 3.8) is 0 Å². The highest BCUT2D eigenvalue weighted by molar-refractivity contribution is 5.52. The van der Waals surface area contributed by atoms with Gasteiger partial charge in [0, 0.05) is 38.2 Å². The van der Waals surface area contributed by atoms with Crippen molar-refractivity contribution in [2.24, 2.45) is 0 Å². The first-order chi connectivity index (χ1) is 11.8. The van der Waals surface area contributed by atoms with Gasteiger partial charge < -0.3 is 15.3 Å². The molecule has 5 heteroatoms. The van der Waals surface area contributed by atoms with Gasteiger partial charge in [0.25, 0.3) is 0 Å². The number of aliphatic hydroxyl groups excluding tert-OH is 1. The molecule has 0 radical (unpaired) electrons. The lowest BCUT2D eigenvalue weighted by atomic mass is 10.00. The zero-order chi connectivity index (χ0) is 16.4. The van der Waals surface area contributed by atoms with Gasteiger partial charge in [-0.1, -0.05) is 24.3 Å². The number of aliphatic hydroxyl groups is 1. The topological polar surface area (TPSA) is 61.3 Å². The van der Waals surface area contributed by atoms with Crippen LogP contribution in [-0.4, -0.2) is 34.8 Å². The summed E-state index contributed by atoms with van der Waals surface area (Å²) in [5, 5.41) is 12.3. The number of aromatic nitrogens is 2. The van der Waals surface area contributed by atoms with E-state index in [4.69, 9.17) is 10.1 Å². The number of benzene rings is 1. The number of fused-ring (bicyclic) bond motifs is 1. The van der Waals surface area contributed by atoms with Gasteiger partial charge in [0.2, 0.25) is 0 Å². The van der Waals surface area contributed by atoms with E-state index in [-0.39, 0.29) is 6.61 Å². The zero-order valence-corrected chi connectivity index (χ0v) is 13.9. The molecule has 5 nitrogen and oxygen atoms in total. The fourth-order valence-electron chi connectivity index (χ4n) is 3.22. The van der Waals surface area contributed by atoms with E-state index < -0.39 is 0 Å². The van der Waals surface area contributed by atoms with E-state index >= 15 is 0 Å². The molecule has 1 fully saturated rings. The minimum absolute atomic E-state index is 0.198. The SMILES string of the molecule is OCCCNc1cc(N2CCc3ccccc3C2)nc(C2CC2)n1. The quantitative estimate of drug-likeness (QED) is 0.800. The van der Waals surface area contributed by atoms with Crippen molar-refractivity contribution in [1.82, 2.24) is 9.97 Å². The number of hydrogen-bond acceptors (Lipinski definition) is 5. The Kier molecular flexibility index (Phi) is 4.34. The molecule has 0 amide bonds. The summed E-state index contributed by atoms with van der Waals surface area (Å²) in [5.41, 5.74) is 2.84. The van der Waals surface area contributed by atoms with Crippen LogP contribution in [0.4, 0.5) is 11.6 Å². The van der Waals surface area contributed by atoms with Crippen LogP contribution in [0, 0.1) is 0 Å². The van der Waals surface area contributed by atoms with E-state index in [9.17, 15) is 0 Å². The third kappa shape index (κ3) is 3.36. The van der Waals surface area contributed by atoms with E-state index in [1.54, 1.807) is 0 Å². The Morgan fingerprint density at radius 1 is 1.17 bits per heavy atom. The summed E-state index contributed by atoms with van der Waals surface area (Å²) >= 11 is 0. The lowest BCUT2D eigenvalue weighted by molar-refractivity contribution is 0.292. The van der Waals surface area contributed by atoms with Crippen LogP contribution in [0.25, 0.3) is 0 Å². The average molecular weight is 324 g/mol. The van der Waals surface area contributed by atoms with Crippen molar-refractivity contribution in [3.05, 3.63) is 47.3 Å². The van der Waals surface area contributed by atoms with Crippen LogP contribution in [0.5, 0.6) is 0 Å². The number of anilines is 2. The number of hydrogen-bond donors (Lipinski definition) is 2. The Morgan fingerprint density at radius 2 is 2.00 bits per heavy atom. The summed E-state index contributed by atoms with van der Waals surface area (Å²) in [5.74, 6) is 3.40. The lowest BCUT2D eigenvalue weighted by Crippen LogP contribution is -2.31. The van der Waals surface area contributed by atoms with Crippen molar-refractivity contribution in [2.75, 3.05) is 29.9 Å². The molecule has 1 aromatic carbocycles. The molecule has 0 saturated heterocycles. The summed E-state index contributed by atoms with van der Waals surface area (Å²) < 4.78 is 0. The van der Waals surface area contributed by atoms with Gasteiger partial charge in [0.1, 0.15) is 17.5 Å². The maximum absolute atomic E-state index is 8.97. The van der Waals surface area contributed by atoms with Crippen molar-refractivity contribution in [3.8, 4) is 0 Å². The van der Waals surface area contributed by atoms with Crippen LogP contribution < -0.4 is 10.2 Å².